The third-order valence-electron chi connectivity index (χ3n) is 5.04. The summed E-state index contributed by atoms with van der Waals surface area (Å²) in [4.78, 5) is 12.7. The van der Waals surface area contributed by atoms with E-state index in [0.29, 0.717) is 18.0 Å². The predicted molar refractivity (Wildman–Crippen MR) is 95.2 cm³/mol. The van der Waals surface area contributed by atoms with Crippen LogP contribution in [0.3, 0.4) is 0 Å². The third kappa shape index (κ3) is 3.51. The number of nitrogens with zero attached hydrogens (tertiary/aromatic N) is 2. The summed E-state index contributed by atoms with van der Waals surface area (Å²) in [6.07, 6.45) is 7.73. The Morgan fingerprint density at radius 2 is 2.00 bits per heavy atom. The quantitative estimate of drug-likeness (QED) is 0.887. The van der Waals surface area contributed by atoms with Gasteiger partial charge in [-0.3, -0.25) is 4.79 Å². The van der Waals surface area contributed by atoms with Gasteiger partial charge in [-0.25, -0.2) is 4.68 Å². The molecule has 1 aromatic carbocycles. The summed E-state index contributed by atoms with van der Waals surface area (Å²) in [5.41, 5.74) is 8.35. The molecule has 5 heteroatoms. The fourth-order valence-corrected chi connectivity index (χ4v) is 3.61. The predicted octanol–water partition coefficient (Wildman–Crippen LogP) is 2.82. The molecule has 128 valence electrons. The second-order valence-corrected chi connectivity index (χ2v) is 6.60. The molecule has 0 aliphatic heterocycles. The highest BCUT2D eigenvalue weighted by Crippen LogP contribution is 2.26. The lowest BCUT2D eigenvalue weighted by Crippen LogP contribution is -2.46. The van der Waals surface area contributed by atoms with Gasteiger partial charge in [0, 0.05) is 12.6 Å². The number of para-hydroxylation sites is 1. The molecule has 1 amide bonds. The molecule has 1 aromatic heterocycles. The first-order valence-electron chi connectivity index (χ1n) is 8.81. The van der Waals surface area contributed by atoms with Gasteiger partial charge in [0.2, 0.25) is 0 Å². The van der Waals surface area contributed by atoms with Crippen LogP contribution in [0.25, 0.3) is 5.69 Å². The largest absolute Gasteiger partial charge is 0.348 e. The molecular formula is C19H26N4O. The minimum absolute atomic E-state index is 0.0530. The normalized spacial score (nSPS) is 16.8. The van der Waals surface area contributed by atoms with Crippen molar-refractivity contribution in [1.29, 1.82) is 0 Å². The summed E-state index contributed by atoms with van der Waals surface area (Å²) in [7, 11) is 0. The summed E-state index contributed by atoms with van der Waals surface area (Å²) in [6.45, 7) is 2.41. The van der Waals surface area contributed by atoms with E-state index < -0.39 is 0 Å². The number of amides is 1. The topological polar surface area (TPSA) is 72.9 Å². The van der Waals surface area contributed by atoms with Crippen molar-refractivity contribution in [2.24, 2.45) is 11.7 Å². The van der Waals surface area contributed by atoms with E-state index in [2.05, 4.69) is 10.4 Å². The molecule has 1 aliphatic carbocycles. The average Bonchev–Trinajstić information content (AvgIpc) is 3.02. The molecule has 1 atom stereocenters. The van der Waals surface area contributed by atoms with Crippen LogP contribution in [0, 0.1) is 12.8 Å². The fourth-order valence-electron chi connectivity index (χ4n) is 3.61. The number of benzene rings is 1. The van der Waals surface area contributed by atoms with Crippen LogP contribution in [0.1, 0.15) is 48.2 Å². The first kappa shape index (κ1) is 16.7. The summed E-state index contributed by atoms with van der Waals surface area (Å²) >= 11 is 0. The van der Waals surface area contributed by atoms with E-state index in [1.807, 2.05) is 37.3 Å². The zero-order valence-electron chi connectivity index (χ0n) is 14.2. The number of rotatable bonds is 5. The highest BCUT2D eigenvalue weighted by atomic mass is 16.1. The molecule has 0 bridgehead atoms. The van der Waals surface area contributed by atoms with Gasteiger partial charge in [0.15, 0.2) is 0 Å². The average molecular weight is 326 g/mol. The van der Waals surface area contributed by atoms with Crippen molar-refractivity contribution in [3.63, 3.8) is 0 Å². The first-order chi connectivity index (χ1) is 11.7. The molecule has 3 N–H and O–H groups in total. The van der Waals surface area contributed by atoms with E-state index in [9.17, 15) is 4.79 Å². The summed E-state index contributed by atoms with van der Waals surface area (Å²) < 4.78 is 1.80. The molecule has 0 saturated heterocycles. The minimum Gasteiger partial charge on any atom is -0.348 e. The second-order valence-electron chi connectivity index (χ2n) is 6.60. The van der Waals surface area contributed by atoms with Crippen LogP contribution in [-0.2, 0) is 0 Å². The zero-order valence-corrected chi connectivity index (χ0v) is 14.2. The van der Waals surface area contributed by atoms with Crippen LogP contribution < -0.4 is 11.1 Å². The van der Waals surface area contributed by atoms with Gasteiger partial charge in [0.05, 0.1) is 23.1 Å². The maximum atomic E-state index is 12.7. The number of carbonyl (C=O) groups is 1. The van der Waals surface area contributed by atoms with Crippen molar-refractivity contribution in [3.05, 3.63) is 47.8 Å². The Balaban J connectivity index is 1.74. The van der Waals surface area contributed by atoms with Crippen LogP contribution in [0.5, 0.6) is 0 Å². The van der Waals surface area contributed by atoms with Crippen LogP contribution in [-0.4, -0.2) is 28.3 Å². The van der Waals surface area contributed by atoms with Crippen molar-refractivity contribution in [2.45, 2.75) is 45.1 Å². The molecule has 1 fully saturated rings. The third-order valence-corrected chi connectivity index (χ3v) is 5.04. The lowest BCUT2D eigenvalue weighted by molar-refractivity contribution is 0.0915. The lowest BCUT2D eigenvalue weighted by Gasteiger charge is -2.30. The molecular weight excluding hydrogens is 300 g/mol. The standard InChI is InChI=1S/C19H26N4O/c1-14-17(13-21-23(14)16-10-6-3-7-11-16)19(24)22-18(12-20)15-8-4-2-5-9-15/h3,6-7,10-11,13,15,18H,2,4-5,8-9,12,20H2,1H3,(H,22,24). The summed E-state index contributed by atoms with van der Waals surface area (Å²) in [6, 6.07) is 9.90. The maximum absolute atomic E-state index is 12.7. The Kier molecular flexibility index (Phi) is 5.30. The smallest absolute Gasteiger partial charge is 0.255 e. The second kappa shape index (κ2) is 7.62. The molecule has 0 spiro atoms. The van der Waals surface area contributed by atoms with Crippen molar-refractivity contribution < 1.29 is 4.79 Å². The Labute approximate surface area is 143 Å². The number of hydrogen-bond donors (Lipinski definition) is 2. The number of carbonyl (C=O) groups excluding carboxylic acids is 1. The van der Waals surface area contributed by atoms with Crippen LogP contribution in [0.15, 0.2) is 36.5 Å². The Bertz CT molecular complexity index is 674. The molecule has 1 aliphatic rings. The van der Waals surface area contributed by atoms with E-state index >= 15 is 0 Å². The van der Waals surface area contributed by atoms with Gasteiger partial charge in [0.1, 0.15) is 0 Å². The van der Waals surface area contributed by atoms with Gasteiger partial charge in [-0.2, -0.15) is 5.10 Å². The molecule has 2 aromatic rings. The van der Waals surface area contributed by atoms with Crippen LogP contribution in [0.4, 0.5) is 0 Å². The fraction of sp³-hybridized carbons (Fsp3) is 0.474. The molecule has 5 nitrogen and oxygen atoms in total. The highest BCUT2D eigenvalue weighted by Gasteiger charge is 2.25. The minimum atomic E-state index is -0.0734. The van der Waals surface area contributed by atoms with E-state index in [1.165, 1.54) is 19.3 Å². The monoisotopic (exact) mass is 326 g/mol. The molecule has 1 heterocycles. The van der Waals surface area contributed by atoms with Crippen molar-refractivity contribution >= 4 is 5.91 Å². The van der Waals surface area contributed by atoms with Crippen LogP contribution >= 0.6 is 0 Å². The van der Waals surface area contributed by atoms with E-state index in [0.717, 1.165) is 24.2 Å². The van der Waals surface area contributed by atoms with Gasteiger partial charge in [0.25, 0.3) is 5.91 Å². The first-order valence-corrected chi connectivity index (χ1v) is 8.81. The molecule has 1 unspecified atom stereocenters. The SMILES string of the molecule is Cc1c(C(=O)NC(CN)C2CCCCC2)cnn1-c1ccccc1. The van der Waals surface area contributed by atoms with Gasteiger partial charge < -0.3 is 11.1 Å². The van der Waals surface area contributed by atoms with Crippen LogP contribution in [0.2, 0.25) is 0 Å². The van der Waals surface area contributed by atoms with Gasteiger partial charge in [-0.05, 0) is 37.8 Å². The Morgan fingerprint density at radius 1 is 1.29 bits per heavy atom. The van der Waals surface area contributed by atoms with Crippen molar-refractivity contribution in [2.75, 3.05) is 6.54 Å². The molecule has 3 rings (SSSR count). The zero-order chi connectivity index (χ0) is 16.9. The van der Waals surface area contributed by atoms with E-state index in [-0.39, 0.29) is 11.9 Å². The molecule has 1 saturated carbocycles. The van der Waals surface area contributed by atoms with E-state index in [1.54, 1.807) is 10.9 Å². The van der Waals surface area contributed by atoms with Crippen molar-refractivity contribution in [1.82, 2.24) is 15.1 Å². The number of aromatic nitrogens is 2. The van der Waals surface area contributed by atoms with Gasteiger partial charge in [-0.1, -0.05) is 37.5 Å². The summed E-state index contributed by atoms with van der Waals surface area (Å²) in [5.74, 6) is 0.424. The number of hydrogen-bond acceptors (Lipinski definition) is 3. The van der Waals surface area contributed by atoms with Gasteiger partial charge in [-0.15, -0.1) is 0 Å². The number of nitrogens with two attached hydrogens (primary N) is 1. The molecule has 24 heavy (non-hydrogen) atoms. The van der Waals surface area contributed by atoms with E-state index in [4.69, 9.17) is 5.73 Å². The number of nitrogens with one attached hydrogen (secondary N) is 1. The highest BCUT2D eigenvalue weighted by molar-refractivity contribution is 5.95. The Morgan fingerprint density at radius 3 is 2.67 bits per heavy atom. The Hall–Kier alpha value is -2.14. The maximum Gasteiger partial charge on any atom is 0.255 e. The van der Waals surface area contributed by atoms with Crippen molar-refractivity contribution in [3.8, 4) is 5.69 Å². The van der Waals surface area contributed by atoms with Gasteiger partial charge >= 0.3 is 0 Å². The summed E-state index contributed by atoms with van der Waals surface area (Å²) in [5, 5.41) is 7.52. The lowest BCUT2D eigenvalue weighted by atomic mass is 9.84. The molecule has 0 radical (unpaired) electrons.